The first-order chi connectivity index (χ1) is 12.5. The molecule has 0 saturated carbocycles. The summed E-state index contributed by atoms with van der Waals surface area (Å²) in [5.41, 5.74) is 2.54. The van der Waals surface area contributed by atoms with E-state index >= 15 is 0 Å². The Kier molecular flexibility index (Phi) is 5.07. The van der Waals surface area contributed by atoms with Gasteiger partial charge in [0.05, 0.1) is 7.11 Å². The van der Waals surface area contributed by atoms with Crippen LogP contribution in [0.3, 0.4) is 0 Å². The monoisotopic (exact) mass is 352 g/mol. The van der Waals surface area contributed by atoms with Gasteiger partial charge in [0.1, 0.15) is 17.1 Å². The maximum Gasteiger partial charge on any atom is 0.336 e. The van der Waals surface area contributed by atoms with Crippen molar-refractivity contribution >= 4 is 16.9 Å². The topological polar surface area (TPSA) is 65.7 Å². The number of hydrogen-bond acceptors (Lipinski definition) is 5. The van der Waals surface area contributed by atoms with Gasteiger partial charge in [-0.3, -0.25) is 4.79 Å². The highest BCUT2D eigenvalue weighted by Crippen LogP contribution is 2.28. The first kappa shape index (κ1) is 17.7. The Labute approximate surface area is 151 Å². The van der Waals surface area contributed by atoms with Crippen molar-refractivity contribution in [3.05, 3.63) is 69.6 Å². The smallest absolute Gasteiger partial charge is 0.336 e. The largest absolute Gasteiger partial charge is 0.497 e. The summed E-state index contributed by atoms with van der Waals surface area (Å²) in [6, 6.07) is 12.5. The van der Waals surface area contributed by atoms with Gasteiger partial charge >= 0.3 is 11.6 Å². The molecule has 0 aliphatic rings. The third kappa shape index (κ3) is 3.77. The predicted molar refractivity (Wildman–Crippen MR) is 98.9 cm³/mol. The Balaban J connectivity index is 1.72. The molecule has 5 nitrogen and oxygen atoms in total. The lowest BCUT2D eigenvalue weighted by atomic mass is 10.1. The zero-order valence-corrected chi connectivity index (χ0v) is 15.0. The Morgan fingerprint density at radius 2 is 1.81 bits per heavy atom. The molecule has 5 heteroatoms. The molecule has 0 atom stereocenters. The average molecular weight is 352 g/mol. The standard InChI is InChI=1S/C21H20O5/c1-13-12-20(23)26-21-14(2)18(10-9-17(13)21)25-19(22)11-6-15-4-7-16(24-3)8-5-15/h4-5,7-10,12H,6,11H2,1-3H3. The number of esters is 1. The summed E-state index contributed by atoms with van der Waals surface area (Å²) in [5.74, 6) is 0.851. The molecule has 0 fully saturated rings. The van der Waals surface area contributed by atoms with Crippen molar-refractivity contribution in [3.8, 4) is 11.5 Å². The molecule has 1 heterocycles. The van der Waals surface area contributed by atoms with Crippen molar-refractivity contribution in [1.29, 1.82) is 0 Å². The molecule has 0 saturated heterocycles. The van der Waals surface area contributed by atoms with E-state index in [2.05, 4.69) is 0 Å². The van der Waals surface area contributed by atoms with Gasteiger partial charge in [-0.1, -0.05) is 12.1 Å². The van der Waals surface area contributed by atoms with Gasteiger partial charge in [0.15, 0.2) is 0 Å². The van der Waals surface area contributed by atoms with Gasteiger partial charge in [-0.2, -0.15) is 0 Å². The van der Waals surface area contributed by atoms with Crippen molar-refractivity contribution in [3.63, 3.8) is 0 Å². The number of carbonyl (C=O) groups is 1. The highest BCUT2D eigenvalue weighted by molar-refractivity contribution is 5.86. The van der Waals surface area contributed by atoms with E-state index in [9.17, 15) is 9.59 Å². The number of ether oxygens (including phenoxy) is 2. The fourth-order valence-electron chi connectivity index (χ4n) is 2.82. The molecule has 0 aliphatic carbocycles. The fourth-order valence-corrected chi connectivity index (χ4v) is 2.82. The summed E-state index contributed by atoms with van der Waals surface area (Å²) in [4.78, 5) is 23.8. The number of carbonyl (C=O) groups excluding carboxylic acids is 1. The Morgan fingerprint density at radius 1 is 1.08 bits per heavy atom. The van der Waals surface area contributed by atoms with Gasteiger partial charge in [-0.05, 0) is 55.7 Å². The molecule has 0 radical (unpaired) electrons. The van der Waals surface area contributed by atoms with E-state index in [0.717, 1.165) is 22.3 Å². The van der Waals surface area contributed by atoms with E-state index in [0.29, 0.717) is 23.3 Å². The highest BCUT2D eigenvalue weighted by atomic mass is 16.5. The Morgan fingerprint density at radius 3 is 2.50 bits per heavy atom. The summed E-state index contributed by atoms with van der Waals surface area (Å²) in [6.07, 6.45) is 0.825. The maximum atomic E-state index is 12.2. The van der Waals surface area contributed by atoms with Crippen LogP contribution < -0.4 is 15.1 Å². The van der Waals surface area contributed by atoms with E-state index in [1.54, 1.807) is 26.2 Å². The average Bonchev–Trinajstić information content (AvgIpc) is 2.63. The predicted octanol–water partition coefficient (Wildman–Crippen LogP) is 3.96. The first-order valence-corrected chi connectivity index (χ1v) is 8.35. The van der Waals surface area contributed by atoms with Crippen LogP contribution in [-0.4, -0.2) is 13.1 Å². The first-order valence-electron chi connectivity index (χ1n) is 8.35. The lowest BCUT2D eigenvalue weighted by molar-refractivity contribution is -0.134. The van der Waals surface area contributed by atoms with Crippen molar-refractivity contribution in [2.45, 2.75) is 26.7 Å². The number of fused-ring (bicyclic) bond motifs is 1. The van der Waals surface area contributed by atoms with Gasteiger partial charge in [0, 0.05) is 23.4 Å². The minimum Gasteiger partial charge on any atom is -0.497 e. The van der Waals surface area contributed by atoms with Gasteiger partial charge in [-0.25, -0.2) is 4.79 Å². The lowest BCUT2D eigenvalue weighted by Gasteiger charge is -2.10. The molecule has 0 aliphatic heterocycles. The van der Waals surface area contributed by atoms with Crippen LogP contribution in [0.4, 0.5) is 0 Å². The molecule has 2 aromatic carbocycles. The Bertz CT molecular complexity index is 999. The number of rotatable bonds is 5. The SMILES string of the molecule is COc1ccc(CCC(=O)Oc2ccc3c(C)cc(=O)oc3c2C)cc1. The van der Waals surface area contributed by atoms with Crippen LogP contribution in [0.2, 0.25) is 0 Å². The van der Waals surface area contributed by atoms with Gasteiger partial charge in [-0.15, -0.1) is 0 Å². The second kappa shape index (κ2) is 7.44. The molecule has 0 unspecified atom stereocenters. The van der Waals surface area contributed by atoms with E-state index in [1.165, 1.54) is 6.07 Å². The molecule has 134 valence electrons. The minimum atomic E-state index is -0.416. The molecule has 0 spiro atoms. The van der Waals surface area contributed by atoms with Crippen molar-refractivity contribution in [2.75, 3.05) is 7.11 Å². The van der Waals surface area contributed by atoms with Crippen LogP contribution in [-0.2, 0) is 11.2 Å². The normalized spacial score (nSPS) is 10.7. The van der Waals surface area contributed by atoms with Crippen molar-refractivity contribution in [2.24, 2.45) is 0 Å². The molecule has 3 rings (SSSR count). The van der Waals surface area contributed by atoms with E-state index in [4.69, 9.17) is 13.9 Å². The lowest BCUT2D eigenvalue weighted by Crippen LogP contribution is -2.10. The van der Waals surface area contributed by atoms with Gasteiger partial charge < -0.3 is 13.9 Å². The van der Waals surface area contributed by atoms with E-state index in [1.807, 2.05) is 31.2 Å². The van der Waals surface area contributed by atoms with Crippen LogP contribution in [0.5, 0.6) is 11.5 Å². The summed E-state index contributed by atoms with van der Waals surface area (Å²) in [6.45, 7) is 3.62. The van der Waals surface area contributed by atoms with Crippen LogP contribution >= 0.6 is 0 Å². The van der Waals surface area contributed by atoms with Gasteiger partial charge in [0.2, 0.25) is 0 Å². The number of hydrogen-bond donors (Lipinski definition) is 0. The molecule has 0 amide bonds. The van der Waals surface area contributed by atoms with E-state index < -0.39 is 5.63 Å². The molecular formula is C21H20O5. The van der Waals surface area contributed by atoms with Crippen LogP contribution in [0.25, 0.3) is 11.0 Å². The zero-order chi connectivity index (χ0) is 18.7. The molecule has 0 N–H and O–H groups in total. The summed E-state index contributed by atoms with van der Waals surface area (Å²) in [5, 5.41) is 0.833. The number of methoxy groups -OCH3 is 1. The molecule has 3 aromatic rings. The summed E-state index contributed by atoms with van der Waals surface area (Å²) >= 11 is 0. The zero-order valence-electron chi connectivity index (χ0n) is 15.0. The van der Waals surface area contributed by atoms with Crippen LogP contribution in [0.15, 0.2) is 51.7 Å². The van der Waals surface area contributed by atoms with Crippen molar-refractivity contribution < 1.29 is 18.7 Å². The number of benzene rings is 2. The number of aryl methyl sites for hydroxylation is 3. The molecule has 26 heavy (non-hydrogen) atoms. The maximum absolute atomic E-state index is 12.2. The van der Waals surface area contributed by atoms with Crippen LogP contribution in [0.1, 0.15) is 23.1 Å². The summed E-state index contributed by atoms with van der Waals surface area (Å²) < 4.78 is 15.9. The highest BCUT2D eigenvalue weighted by Gasteiger charge is 2.13. The minimum absolute atomic E-state index is 0.252. The second-order valence-corrected chi connectivity index (χ2v) is 6.14. The molecule has 1 aromatic heterocycles. The summed E-state index contributed by atoms with van der Waals surface area (Å²) in [7, 11) is 1.61. The van der Waals surface area contributed by atoms with Crippen molar-refractivity contribution in [1.82, 2.24) is 0 Å². The third-order valence-corrected chi connectivity index (χ3v) is 4.32. The van der Waals surface area contributed by atoms with E-state index in [-0.39, 0.29) is 12.4 Å². The Hall–Kier alpha value is -3.08. The van der Waals surface area contributed by atoms with Gasteiger partial charge in [0.25, 0.3) is 0 Å². The molecular weight excluding hydrogens is 332 g/mol. The molecule has 0 bridgehead atoms. The fraction of sp³-hybridized carbons (Fsp3) is 0.238. The third-order valence-electron chi connectivity index (χ3n) is 4.32. The quantitative estimate of drug-likeness (QED) is 0.395. The second-order valence-electron chi connectivity index (χ2n) is 6.14. The van der Waals surface area contributed by atoms with Crippen LogP contribution in [0, 0.1) is 13.8 Å².